The van der Waals surface area contributed by atoms with Crippen LogP contribution in [0.5, 0.6) is 0 Å². The highest BCUT2D eigenvalue weighted by Gasteiger charge is 2.25. The molecular formula is C18H20BrFN2O3S. The molecule has 2 aromatic rings. The molecule has 2 rings (SSSR count). The molecular weight excluding hydrogens is 423 g/mol. The van der Waals surface area contributed by atoms with E-state index in [1.807, 2.05) is 31.2 Å². The summed E-state index contributed by atoms with van der Waals surface area (Å²) >= 11 is 3.38. The Kier molecular flexibility index (Phi) is 6.91. The first-order valence-corrected chi connectivity index (χ1v) is 10.3. The second-order valence-corrected chi connectivity index (χ2v) is 8.58. The molecule has 5 nitrogen and oxygen atoms in total. The zero-order valence-electron chi connectivity index (χ0n) is 14.4. The van der Waals surface area contributed by atoms with Crippen LogP contribution in [0.25, 0.3) is 0 Å². The predicted molar refractivity (Wildman–Crippen MR) is 102 cm³/mol. The third-order valence-corrected chi connectivity index (χ3v) is 6.28. The Morgan fingerprint density at radius 2 is 1.88 bits per heavy atom. The largest absolute Gasteiger partial charge is 0.348 e. The quantitative estimate of drug-likeness (QED) is 0.713. The maximum Gasteiger partial charge on any atom is 0.243 e. The van der Waals surface area contributed by atoms with E-state index in [1.54, 1.807) is 6.92 Å². The molecule has 0 unspecified atom stereocenters. The van der Waals surface area contributed by atoms with Crippen molar-refractivity contribution in [3.05, 3.63) is 64.4 Å². The van der Waals surface area contributed by atoms with Crippen LogP contribution in [0.15, 0.2) is 57.9 Å². The van der Waals surface area contributed by atoms with E-state index in [-0.39, 0.29) is 24.0 Å². The molecule has 0 spiro atoms. The number of nitrogens with zero attached hydrogens (tertiary/aromatic N) is 1. The van der Waals surface area contributed by atoms with Crippen molar-refractivity contribution in [2.75, 3.05) is 13.1 Å². The van der Waals surface area contributed by atoms with Crippen LogP contribution >= 0.6 is 15.9 Å². The van der Waals surface area contributed by atoms with Crippen LogP contribution in [0.1, 0.15) is 25.5 Å². The summed E-state index contributed by atoms with van der Waals surface area (Å²) in [6, 6.07) is 11.8. The highest BCUT2D eigenvalue weighted by Crippen LogP contribution is 2.19. The number of likely N-dealkylation sites (N-methyl/N-ethyl adjacent to an activating group) is 1. The van der Waals surface area contributed by atoms with Crippen LogP contribution in [-0.4, -0.2) is 31.7 Å². The zero-order chi connectivity index (χ0) is 19.3. The number of nitrogens with one attached hydrogen (secondary N) is 1. The fourth-order valence-electron chi connectivity index (χ4n) is 2.43. The van der Waals surface area contributed by atoms with Crippen molar-refractivity contribution in [3.63, 3.8) is 0 Å². The van der Waals surface area contributed by atoms with E-state index in [1.165, 1.54) is 12.1 Å². The summed E-state index contributed by atoms with van der Waals surface area (Å²) in [7, 11) is -3.87. The van der Waals surface area contributed by atoms with Gasteiger partial charge in [0.1, 0.15) is 5.82 Å². The van der Waals surface area contributed by atoms with Crippen LogP contribution in [0.3, 0.4) is 0 Å². The van der Waals surface area contributed by atoms with Crippen molar-refractivity contribution in [2.24, 2.45) is 0 Å². The summed E-state index contributed by atoms with van der Waals surface area (Å²) < 4.78 is 40.2. The zero-order valence-corrected chi connectivity index (χ0v) is 16.8. The number of rotatable bonds is 7. The van der Waals surface area contributed by atoms with Gasteiger partial charge in [-0.05, 0) is 48.9 Å². The molecule has 1 amide bonds. The number of carbonyl (C=O) groups is 1. The number of halogens is 2. The van der Waals surface area contributed by atoms with Crippen molar-refractivity contribution in [2.45, 2.75) is 24.8 Å². The third-order valence-electron chi connectivity index (χ3n) is 3.85. The van der Waals surface area contributed by atoms with E-state index in [0.717, 1.165) is 26.5 Å². The van der Waals surface area contributed by atoms with Crippen molar-refractivity contribution in [1.29, 1.82) is 0 Å². The van der Waals surface area contributed by atoms with Gasteiger partial charge in [0.15, 0.2) is 0 Å². The Labute approximate surface area is 161 Å². The Morgan fingerprint density at radius 3 is 2.46 bits per heavy atom. The van der Waals surface area contributed by atoms with E-state index in [9.17, 15) is 17.6 Å². The van der Waals surface area contributed by atoms with E-state index < -0.39 is 21.7 Å². The van der Waals surface area contributed by atoms with Crippen LogP contribution in [-0.2, 0) is 14.8 Å². The second-order valence-electron chi connectivity index (χ2n) is 5.73. The summed E-state index contributed by atoms with van der Waals surface area (Å²) in [5, 5.41) is 2.79. The standard InChI is InChI=1S/C18H20BrFN2O3S/c1-3-22(26(24,25)17-9-7-16(20)8-10-17)12-18(23)21-13(2)14-5-4-6-15(19)11-14/h4-11,13H,3,12H2,1-2H3,(H,21,23)/t13-/m0/s1. The molecule has 0 fully saturated rings. The van der Waals surface area contributed by atoms with Gasteiger partial charge in [0.05, 0.1) is 17.5 Å². The molecule has 0 heterocycles. The predicted octanol–water partition coefficient (Wildman–Crippen LogP) is 3.48. The van der Waals surface area contributed by atoms with Crippen molar-refractivity contribution in [3.8, 4) is 0 Å². The summed E-state index contributed by atoms with van der Waals surface area (Å²) in [4.78, 5) is 12.3. The van der Waals surface area contributed by atoms with Gasteiger partial charge in [-0.1, -0.05) is 35.0 Å². The molecule has 8 heteroatoms. The lowest BCUT2D eigenvalue weighted by Crippen LogP contribution is -2.41. The van der Waals surface area contributed by atoms with Crippen LogP contribution in [0.2, 0.25) is 0 Å². The van der Waals surface area contributed by atoms with Crippen molar-refractivity contribution in [1.82, 2.24) is 9.62 Å². The molecule has 0 aromatic heterocycles. The lowest BCUT2D eigenvalue weighted by Gasteiger charge is -2.22. The monoisotopic (exact) mass is 442 g/mol. The fraction of sp³-hybridized carbons (Fsp3) is 0.278. The number of hydrogen-bond acceptors (Lipinski definition) is 3. The summed E-state index contributed by atoms with van der Waals surface area (Å²) in [5.74, 6) is -0.933. The average Bonchev–Trinajstić information content (AvgIpc) is 2.59. The Hall–Kier alpha value is -1.77. The van der Waals surface area contributed by atoms with Crippen LogP contribution in [0.4, 0.5) is 4.39 Å². The number of sulfonamides is 1. The van der Waals surface area contributed by atoms with Gasteiger partial charge in [0, 0.05) is 11.0 Å². The molecule has 2 aromatic carbocycles. The Balaban J connectivity index is 2.09. The molecule has 0 radical (unpaired) electrons. The smallest absolute Gasteiger partial charge is 0.243 e. The second kappa shape index (κ2) is 8.75. The summed E-state index contributed by atoms with van der Waals surface area (Å²) in [6.45, 7) is 3.28. The van der Waals surface area contributed by atoms with Gasteiger partial charge in [-0.3, -0.25) is 4.79 Å². The molecule has 0 aliphatic heterocycles. The third kappa shape index (κ3) is 5.12. The van der Waals surface area contributed by atoms with E-state index in [4.69, 9.17) is 0 Å². The van der Waals surface area contributed by atoms with Gasteiger partial charge in [0.25, 0.3) is 0 Å². The molecule has 0 aliphatic carbocycles. The van der Waals surface area contributed by atoms with Crippen LogP contribution < -0.4 is 5.32 Å². The minimum atomic E-state index is -3.87. The van der Waals surface area contributed by atoms with Gasteiger partial charge >= 0.3 is 0 Å². The van der Waals surface area contributed by atoms with Gasteiger partial charge in [-0.15, -0.1) is 0 Å². The lowest BCUT2D eigenvalue weighted by molar-refractivity contribution is -0.121. The fourth-order valence-corrected chi connectivity index (χ4v) is 4.25. The normalized spacial score (nSPS) is 12.8. The molecule has 0 bridgehead atoms. The van der Waals surface area contributed by atoms with E-state index in [0.29, 0.717) is 0 Å². The molecule has 0 saturated carbocycles. The van der Waals surface area contributed by atoms with Gasteiger partial charge < -0.3 is 5.32 Å². The average molecular weight is 443 g/mol. The van der Waals surface area contributed by atoms with Crippen molar-refractivity contribution < 1.29 is 17.6 Å². The highest BCUT2D eigenvalue weighted by atomic mass is 79.9. The summed E-state index contributed by atoms with van der Waals surface area (Å²) in [5.41, 5.74) is 0.900. The summed E-state index contributed by atoms with van der Waals surface area (Å²) in [6.07, 6.45) is 0. The number of carbonyl (C=O) groups excluding carboxylic acids is 1. The maximum absolute atomic E-state index is 13.0. The van der Waals surface area contributed by atoms with E-state index >= 15 is 0 Å². The molecule has 1 atom stereocenters. The first-order valence-electron chi connectivity index (χ1n) is 8.04. The Morgan fingerprint density at radius 1 is 1.23 bits per heavy atom. The number of benzene rings is 2. The van der Waals surface area contributed by atoms with Gasteiger partial charge in [-0.25, -0.2) is 12.8 Å². The first-order chi connectivity index (χ1) is 12.2. The minimum absolute atomic E-state index is 0.0476. The SMILES string of the molecule is CCN(CC(=O)N[C@@H](C)c1cccc(Br)c1)S(=O)(=O)c1ccc(F)cc1. The van der Waals surface area contributed by atoms with Crippen LogP contribution in [0, 0.1) is 5.82 Å². The number of hydrogen-bond donors (Lipinski definition) is 1. The number of amides is 1. The van der Waals surface area contributed by atoms with Gasteiger partial charge in [-0.2, -0.15) is 4.31 Å². The molecule has 1 N–H and O–H groups in total. The highest BCUT2D eigenvalue weighted by molar-refractivity contribution is 9.10. The van der Waals surface area contributed by atoms with Gasteiger partial charge in [0.2, 0.25) is 15.9 Å². The lowest BCUT2D eigenvalue weighted by atomic mass is 10.1. The van der Waals surface area contributed by atoms with E-state index in [2.05, 4.69) is 21.2 Å². The molecule has 0 aliphatic rings. The molecule has 26 heavy (non-hydrogen) atoms. The minimum Gasteiger partial charge on any atom is -0.348 e. The first kappa shape index (κ1) is 20.5. The maximum atomic E-state index is 13.0. The Bertz CT molecular complexity index is 872. The molecule has 0 saturated heterocycles. The van der Waals surface area contributed by atoms with Crippen molar-refractivity contribution >= 4 is 31.9 Å². The topological polar surface area (TPSA) is 66.5 Å². The molecule has 140 valence electrons.